The van der Waals surface area contributed by atoms with E-state index in [0.29, 0.717) is 5.69 Å². The number of aromatic nitrogens is 2. The Morgan fingerprint density at radius 3 is 2.83 bits per heavy atom. The number of aromatic amines is 1. The van der Waals surface area contributed by atoms with Gasteiger partial charge in [0, 0.05) is 28.9 Å². The van der Waals surface area contributed by atoms with Gasteiger partial charge in [-0.2, -0.15) is 5.10 Å². The molecule has 0 saturated carbocycles. The Balaban J connectivity index is 1.86. The van der Waals surface area contributed by atoms with Crippen LogP contribution in [0.5, 0.6) is 0 Å². The molecule has 2 aromatic heterocycles. The highest BCUT2D eigenvalue weighted by molar-refractivity contribution is 6.01. The molecule has 0 aliphatic carbocycles. The van der Waals surface area contributed by atoms with E-state index in [-0.39, 0.29) is 11.8 Å². The number of nitrogens with zero attached hydrogens (tertiary/aromatic N) is 2. The van der Waals surface area contributed by atoms with E-state index in [0.717, 1.165) is 22.0 Å². The van der Waals surface area contributed by atoms with Gasteiger partial charge in [0.25, 0.3) is 5.91 Å². The summed E-state index contributed by atoms with van der Waals surface area (Å²) in [4.78, 5) is 19.7. The van der Waals surface area contributed by atoms with Gasteiger partial charge < -0.3 is 4.98 Å². The Hall–Kier alpha value is -2.95. The van der Waals surface area contributed by atoms with Crippen molar-refractivity contribution >= 4 is 23.0 Å². The molecule has 0 atom stereocenters. The van der Waals surface area contributed by atoms with Crippen molar-refractivity contribution in [2.24, 2.45) is 5.10 Å². The van der Waals surface area contributed by atoms with Crippen LogP contribution in [-0.2, 0) is 0 Å². The van der Waals surface area contributed by atoms with Crippen LogP contribution in [0.1, 0.15) is 41.4 Å². The fourth-order valence-electron chi connectivity index (χ4n) is 2.62. The molecule has 5 heteroatoms. The van der Waals surface area contributed by atoms with Crippen molar-refractivity contribution in [1.29, 1.82) is 0 Å². The summed E-state index contributed by atoms with van der Waals surface area (Å²) in [6.45, 7) is 4.15. The van der Waals surface area contributed by atoms with E-state index >= 15 is 0 Å². The second-order valence-electron chi connectivity index (χ2n) is 5.60. The highest BCUT2D eigenvalue weighted by Crippen LogP contribution is 2.28. The van der Waals surface area contributed by atoms with Crippen molar-refractivity contribution in [2.75, 3.05) is 0 Å². The average molecular weight is 306 g/mol. The zero-order chi connectivity index (χ0) is 16.2. The van der Waals surface area contributed by atoms with E-state index in [1.165, 1.54) is 0 Å². The number of hydrazone groups is 1. The molecule has 23 heavy (non-hydrogen) atoms. The Labute approximate surface area is 134 Å². The third-order valence-corrected chi connectivity index (χ3v) is 3.61. The highest BCUT2D eigenvalue weighted by atomic mass is 16.2. The normalized spacial score (nSPS) is 11.4. The summed E-state index contributed by atoms with van der Waals surface area (Å²) >= 11 is 0. The van der Waals surface area contributed by atoms with Gasteiger partial charge in [0.15, 0.2) is 0 Å². The summed E-state index contributed by atoms with van der Waals surface area (Å²) in [5.41, 5.74) is 5.93. The van der Waals surface area contributed by atoms with E-state index in [2.05, 4.69) is 34.3 Å². The third kappa shape index (κ3) is 3.13. The van der Waals surface area contributed by atoms with E-state index < -0.39 is 0 Å². The second-order valence-corrected chi connectivity index (χ2v) is 5.60. The van der Waals surface area contributed by atoms with Crippen LogP contribution in [0.4, 0.5) is 0 Å². The van der Waals surface area contributed by atoms with Gasteiger partial charge in [-0.15, -0.1) is 0 Å². The van der Waals surface area contributed by atoms with Crippen LogP contribution in [0.2, 0.25) is 0 Å². The molecular formula is C18H18N4O. The van der Waals surface area contributed by atoms with Crippen molar-refractivity contribution in [3.8, 4) is 0 Å². The Bertz CT molecular complexity index is 850. The summed E-state index contributed by atoms with van der Waals surface area (Å²) in [5.74, 6) is -0.0146. The molecule has 0 spiro atoms. The number of hydrogen-bond acceptors (Lipinski definition) is 3. The molecule has 0 unspecified atom stereocenters. The number of hydrogen-bond donors (Lipinski definition) is 2. The van der Waals surface area contributed by atoms with Gasteiger partial charge in [-0.05, 0) is 23.6 Å². The molecule has 1 aromatic carbocycles. The van der Waals surface area contributed by atoms with E-state index in [9.17, 15) is 4.79 Å². The maximum absolute atomic E-state index is 12.5. The number of H-pyrrole nitrogens is 1. The molecule has 0 aliphatic rings. The maximum atomic E-state index is 12.5. The van der Waals surface area contributed by atoms with Crippen LogP contribution in [0.3, 0.4) is 0 Å². The lowest BCUT2D eigenvalue weighted by molar-refractivity contribution is 0.0949. The van der Waals surface area contributed by atoms with Gasteiger partial charge in [0.2, 0.25) is 0 Å². The van der Waals surface area contributed by atoms with Crippen molar-refractivity contribution in [1.82, 2.24) is 15.4 Å². The molecule has 1 amide bonds. The first-order chi connectivity index (χ1) is 11.2. The number of fused-ring (bicyclic) bond motifs is 1. The van der Waals surface area contributed by atoms with Gasteiger partial charge in [0.05, 0.1) is 6.21 Å². The molecule has 2 N–H and O–H groups in total. The molecule has 0 bridgehead atoms. The van der Waals surface area contributed by atoms with Crippen LogP contribution in [0, 0.1) is 0 Å². The van der Waals surface area contributed by atoms with Crippen LogP contribution >= 0.6 is 0 Å². The van der Waals surface area contributed by atoms with Gasteiger partial charge >= 0.3 is 0 Å². The van der Waals surface area contributed by atoms with E-state index in [1.54, 1.807) is 18.6 Å². The predicted molar refractivity (Wildman–Crippen MR) is 91.7 cm³/mol. The number of rotatable bonds is 4. The van der Waals surface area contributed by atoms with Gasteiger partial charge in [-0.3, -0.25) is 9.78 Å². The summed E-state index contributed by atoms with van der Waals surface area (Å²) in [6.07, 6.45) is 4.94. The molecule has 2 heterocycles. The first-order valence-corrected chi connectivity index (χ1v) is 7.51. The van der Waals surface area contributed by atoms with Gasteiger partial charge in [-0.25, -0.2) is 5.43 Å². The number of pyridine rings is 1. The fourth-order valence-corrected chi connectivity index (χ4v) is 2.62. The Morgan fingerprint density at radius 1 is 1.26 bits per heavy atom. The number of carbonyl (C=O) groups excluding carboxylic acids is 1. The topological polar surface area (TPSA) is 70.1 Å². The minimum Gasteiger partial charge on any atom is -0.350 e. The third-order valence-electron chi connectivity index (χ3n) is 3.61. The van der Waals surface area contributed by atoms with Crippen molar-refractivity contribution < 1.29 is 4.79 Å². The number of nitrogens with one attached hydrogen (secondary N) is 2. The SMILES string of the molecule is CC(C)c1c(C(=O)NN=Cc2cccnc2)[nH]c2ccccc12. The zero-order valence-electron chi connectivity index (χ0n) is 13.1. The highest BCUT2D eigenvalue weighted by Gasteiger charge is 2.19. The molecular weight excluding hydrogens is 288 g/mol. The monoisotopic (exact) mass is 306 g/mol. The lowest BCUT2D eigenvalue weighted by Crippen LogP contribution is -2.19. The molecule has 0 fully saturated rings. The molecule has 116 valence electrons. The first-order valence-electron chi connectivity index (χ1n) is 7.51. The molecule has 3 rings (SSSR count). The number of para-hydroxylation sites is 1. The molecule has 3 aromatic rings. The lowest BCUT2D eigenvalue weighted by atomic mass is 9.99. The quantitative estimate of drug-likeness (QED) is 0.572. The standard InChI is InChI=1S/C18H18N4O/c1-12(2)16-14-7-3-4-8-15(14)21-17(16)18(23)22-20-11-13-6-5-9-19-10-13/h3-12,21H,1-2H3,(H,22,23). The fraction of sp³-hybridized carbons (Fsp3) is 0.167. The van der Waals surface area contributed by atoms with Crippen molar-refractivity contribution in [2.45, 2.75) is 19.8 Å². The molecule has 0 radical (unpaired) electrons. The van der Waals surface area contributed by atoms with Gasteiger partial charge in [-0.1, -0.05) is 38.1 Å². The van der Waals surface area contributed by atoms with E-state index in [4.69, 9.17) is 0 Å². The molecule has 0 saturated heterocycles. The average Bonchev–Trinajstić information content (AvgIpc) is 2.95. The van der Waals surface area contributed by atoms with Gasteiger partial charge in [0.1, 0.15) is 5.69 Å². The van der Waals surface area contributed by atoms with Crippen LogP contribution in [0.15, 0.2) is 53.9 Å². The summed E-state index contributed by atoms with van der Waals surface area (Å²) in [6, 6.07) is 11.6. The second kappa shape index (κ2) is 6.44. The first kappa shape index (κ1) is 15.0. The Kier molecular flexibility index (Phi) is 4.19. The molecule has 5 nitrogen and oxygen atoms in total. The molecule has 0 aliphatic heterocycles. The minimum absolute atomic E-state index is 0.231. The predicted octanol–water partition coefficient (Wildman–Crippen LogP) is 3.45. The van der Waals surface area contributed by atoms with E-state index in [1.807, 2.05) is 36.4 Å². The largest absolute Gasteiger partial charge is 0.350 e. The lowest BCUT2D eigenvalue weighted by Gasteiger charge is -2.06. The smallest absolute Gasteiger partial charge is 0.288 e. The zero-order valence-corrected chi connectivity index (χ0v) is 13.1. The van der Waals surface area contributed by atoms with Crippen molar-refractivity contribution in [3.05, 3.63) is 65.6 Å². The maximum Gasteiger partial charge on any atom is 0.288 e. The van der Waals surface area contributed by atoms with Crippen LogP contribution < -0.4 is 5.43 Å². The Morgan fingerprint density at radius 2 is 2.09 bits per heavy atom. The van der Waals surface area contributed by atoms with Crippen LogP contribution in [0.25, 0.3) is 10.9 Å². The van der Waals surface area contributed by atoms with Crippen molar-refractivity contribution in [3.63, 3.8) is 0 Å². The van der Waals surface area contributed by atoms with Crippen LogP contribution in [-0.4, -0.2) is 22.1 Å². The number of amides is 1. The summed E-state index contributed by atoms with van der Waals surface area (Å²) in [7, 11) is 0. The number of benzene rings is 1. The summed E-state index contributed by atoms with van der Waals surface area (Å²) < 4.78 is 0. The summed E-state index contributed by atoms with van der Waals surface area (Å²) in [5, 5.41) is 5.08. The number of carbonyl (C=O) groups is 1. The minimum atomic E-state index is -0.245.